The van der Waals surface area contributed by atoms with Crippen LogP contribution in [0.25, 0.3) is 0 Å². The maximum absolute atomic E-state index is 10.6. The monoisotopic (exact) mass is 241 g/mol. The Bertz CT molecular complexity index is 351. The molecule has 0 aliphatic rings. The molecule has 96 valence electrons. The van der Waals surface area contributed by atoms with E-state index >= 15 is 0 Å². The molecule has 6 nitrogen and oxygen atoms in total. The van der Waals surface area contributed by atoms with Crippen LogP contribution in [0.5, 0.6) is 0 Å². The van der Waals surface area contributed by atoms with Gasteiger partial charge in [0.1, 0.15) is 0 Å². The highest BCUT2D eigenvalue weighted by Crippen LogP contribution is 2.05. The number of aromatic nitrogens is 2. The Balaban J connectivity index is 2.48. The van der Waals surface area contributed by atoms with Crippen molar-refractivity contribution in [2.45, 2.75) is 39.7 Å². The summed E-state index contributed by atoms with van der Waals surface area (Å²) < 4.78 is 5.08. The fraction of sp³-hybridized carbons (Fsp3) is 0.727. The average Bonchev–Trinajstić information content (AvgIpc) is 2.72. The van der Waals surface area contributed by atoms with E-state index in [4.69, 9.17) is 9.63 Å². The molecule has 0 radical (unpaired) electrons. The lowest BCUT2D eigenvalue weighted by molar-refractivity contribution is -0.138. The zero-order valence-corrected chi connectivity index (χ0v) is 10.3. The Hall–Kier alpha value is -1.43. The minimum Gasteiger partial charge on any atom is -0.480 e. The average molecular weight is 241 g/mol. The number of hydrogen-bond acceptors (Lipinski definition) is 5. The molecule has 0 unspecified atom stereocenters. The predicted molar refractivity (Wildman–Crippen MR) is 61.5 cm³/mol. The molecular formula is C11H19N3O3. The van der Waals surface area contributed by atoms with Crippen molar-refractivity contribution in [3.05, 3.63) is 11.7 Å². The maximum Gasteiger partial charge on any atom is 0.317 e. The Kier molecular flexibility index (Phi) is 5.62. The number of carboxylic acids is 1. The summed E-state index contributed by atoms with van der Waals surface area (Å²) in [6.45, 7) is 5.02. The fourth-order valence-corrected chi connectivity index (χ4v) is 1.45. The lowest BCUT2D eigenvalue weighted by Crippen LogP contribution is -2.29. The van der Waals surface area contributed by atoms with Crippen LogP contribution in [0.2, 0.25) is 0 Å². The van der Waals surface area contributed by atoms with Crippen molar-refractivity contribution in [1.82, 2.24) is 15.0 Å². The third kappa shape index (κ3) is 4.95. The highest BCUT2D eigenvalue weighted by molar-refractivity contribution is 5.69. The number of unbranched alkanes of at least 4 members (excludes halogenated alkanes) is 1. The van der Waals surface area contributed by atoms with Crippen molar-refractivity contribution in [1.29, 1.82) is 0 Å². The molecule has 0 bridgehead atoms. The molecular weight excluding hydrogens is 222 g/mol. The molecule has 0 fully saturated rings. The SMILES string of the molecule is CCCCc1noc(CN(CC)CC(=O)O)n1. The topological polar surface area (TPSA) is 79.5 Å². The smallest absolute Gasteiger partial charge is 0.317 e. The standard InChI is InChI=1S/C11H19N3O3/c1-3-5-6-9-12-10(17-13-9)7-14(4-2)8-11(15)16/h3-8H2,1-2H3,(H,15,16). The van der Waals surface area contributed by atoms with Gasteiger partial charge >= 0.3 is 5.97 Å². The number of carbonyl (C=O) groups is 1. The predicted octanol–water partition coefficient (Wildman–Crippen LogP) is 1.32. The normalized spacial score (nSPS) is 11.0. The number of aliphatic carboxylic acids is 1. The molecule has 0 aliphatic carbocycles. The van der Waals surface area contributed by atoms with Gasteiger partial charge in [-0.1, -0.05) is 25.4 Å². The first-order valence-electron chi connectivity index (χ1n) is 5.91. The molecule has 1 rings (SSSR count). The minimum atomic E-state index is -0.849. The van der Waals surface area contributed by atoms with Crippen molar-refractivity contribution in [2.75, 3.05) is 13.1 Å². The molecule has 6 heteroatoms. The summed E-state index contributed by atoms with van der Waals surface area (Å²) in [6.07, 6.45) is 2.93. The second-order valence-electron chi connectivity index (χ2n) is 3.90. The van der Waals surface area contributed by atoms with Gasteiger partial charge in [-0.25, -0.2) is 0 Å². The van der Waals surface area contributed by atoms with E-state index in [2.05, 4.69) is 17.1 Å². The largest absolute Gasteiger partial charge is 0.480 e. The number of aryl methyl sites for hydroxylation is 1. The van der Waals surface area contributed by atoms with E-state index in [0.29, 0.717) is 24.8 Å². The summed E-state index contributed by atoms with van der Waals surface area (Å²) in [5.41, 5.74) is 0. The van der Waals surface area contributed by atoms with Crippen LogP contribution >= 0.6 is 0 Å². The van der Waals surface area contributed by atoms with Crippen molar-refractivity contribution in [3.63, 3.8) is 0 Å². The first-order valence-corrected chi connectivity index (χ1v) is 5.91. The molecule has 0 amide bonds. The summed E-state index contributed by atoms with van der Waals surface area (Å²) in [4.78, 5) is 16.6. The molecule has 0 saturated carbocycles. The molecule has 0 spiro atoms. The zero-order valence-electron chi connectivity index (χ0n) is 10.3. The molecule has 0 aromatic carbocycles. The molecule has 1 aromatic heterocycles. The van der Waals surface area contributed by atoms with E-state index in [1.54, 1.807) is 4.90 Å². The molecule has 0 aliphatic heterocycles. The van der Waals surface area contributed by atoms with Gasteiger partial charge in [0.2, 0.25) is 5.89 Å². The van der Waals surface area contributed by atoms with Gasteiger partial charge in [0, 0.05) is 6.42 Å². The quantitative estimate of drug-likeness (QED) is 0.739. The maximum atomic E-state index is 10.6. The van der Waals surface area contributed by atoms with E-state index in [1.165, 1.54) is 0 Å². The van der Waals surface area contributed by atoms with Crippen LogP contribution in [-0.4, -0.2) is 39.2 Å². The van der Waals surface area contributed by atoms with Crippen molar-refractivity contribution >= 4 is 5.97 Å². The molecule has 0 saturated heterocycles. The number of likely N-dealkylation sites (N-methyl/N-ethyl adjacent to an activating group) is 1. The molecule has 1 aromatic rings. The first kappa shape index (κ1) is 13.6. The second kappa shape index (κ2) is 7.01. The molecule has 1 heterocycles. The molecule has 0 atom stereocenters. The summed E-state index contributed by atoms with van der Waals surface area (Å²) in [5, 5.41) is 12.6. The van der Waals surface area contributed by atoms with Gasteiger partial charge in [-0.05, 0) is 13.0 Å². The second-order valence-corrected chi connectivity index (χ2v) is 3.90. The highest BCUT2D eigenvalue weighted by Gasteiger charge is 2.12. The van der Waals surface area contributed by atoms with Crippen LogP contribution in [0.3, 0.4) is 0 Å². The van der Waals surface area contributed by atoms with E-state index < -0.39 is 5.97 Å². The Labute approximate surface area is 101 Å². The van der Waals surface area contributed by atoms with Crippen LogP contribution in [0.4, 0.5) is 0 Å². The molecule has 17 heavy (non-hydrogen) atoms. The lowest BCUT2D eigenvalue weighted by Gasteiger charge is -2.14. The minimum absolute atomic E-state index is 0.0107. The van der Waals surface area contributed by atoms with Crippen LogP contribution in [0, 0.1) is 0 Å². The number of nitrogens with zero attached hydrogens (tertiary/aromatic N) is 3. The summed E-state index contributed by atoms with van der Waals surface area (Å²) in [6, 6.07) is 0. The van der Waals surface area contributed by atoms with Gasteiger partial charge in [-0.3, -0.25) is 9.69 Å². The first-order chi connectivity index (χ1) is 8.15. The zero-order chi connectivity index (χ0) is 12.7. The number of rotatable bonds is 8. The Morgan fingerprint density at radius 2 is 2.24 bits per heavy atom. The summed E-state index contributed by atoms with van der Waals surface area (Å²) in [5.74, 6) is 0.338. The summed E-state index contributed by atoms with van der Waals surface area (Å²) >= 11 is 0. The van der Waals surface area contributed by atoms with Crippen molar-refractivity contribution < 1.29 is 14.4 Å². The number of hydrogen-bond donors (Lipinski definition) is 1. The van der Waals surface area contributed by atoms with Crippen LogP contribution in [-0.2, 0) is 17.8 Å². The Morgan fingerprint density at radius 1 is 1.47 bits per heavy atom. The van der Waals surface area contributed by atoms with Gasteiger partial charge in [0.05, 0.1) is 13.1 Å². The van der Waals surface area contributed by atoms with Crippen LogP contribution in [0.1, 0.15) is 38.4 Å². The fourth-order valence-electron chi connectivity index (χ4n) is 1.45. The Morgan fingerprint density at radius 3 is 2.82 bits per heavy atom. The van der Waals surface area contributed by atoms with Gasteiger partial charge < -0.3 is 9.63 Å². The van der Waals surface area contributed by atoms with Gasteiger partial charge in [-0.2, -0.15) is 4.98 Å². The summed E-state index contributed by atoms with van der Waals surface area (Å²) in [7, 11) is 0. The molecule has 1 N–H and O–H groups in total. The van der Waals surface area contributed by atoms with Crippen molar-refractivity contribution in [2.24, 2.45) is 0 Å². The van der Waals surface area contributed by atoms with E-state index in [0.717, 1.165) is 19.3 Å². The third-order valence-corrected chi connectivity index (χ3v) is 2.43. The van der Waals surface area contributed by atoms with E-state index in [1.807, 2.05) is 6.92 Å². The van der Waals surface area contributed by atoms with Crippen LogP contribution in [0.15, 0.2) is 4.52 Å². The highest BCUT2D eigenvalue weighted by atomic mass is 16.5. The van der Waals surface area contributed by atoms with Gasteiger partial charge in [-0.15, -0.1) is 0 Å². The van der Waals surface area contributed by atoms with E-state index in [9.17, 15) is 4.79 Å². The van der Waals surface area contributed by atoms with Crippen LogP contribution < -0.4 is 0 Å². The van der Waals surface area contributed by atoms with Gasteiger partial charge in [0.25, 0.3) is 0 Å². The van der Waals surface area contributed by atoms with Gasteiger partial charge in [0.15, 0.2) is 5.82 Å². The lowest BCUT2D eigenvalue weighted by atomic mass is 10.2. The van der Waals surface area contributed by atoms with Crippen molar-refractivity contribution in [3.8, 4) is 0 Å². The number of carboxylic acid groups (broad SMARTS) is 1. The van der Waals surface area contributed by atoms with E-state index in [-0.39, 0.29) is 6.54 Å². The third-order valence-electron chi connectivity index (χ3n) is 2.43.